The van der Waals surface area contributed by atoms with Crippen LogP contribution < -0.4 is 15.8 Å². The highest BCUT2D eigenvalue weighted by Gasteiger charge is 2.40. The molecule has 26 heavy (non-hydrogen) atoms. The van der Waals surface area contributed by atoms with Crippen molar-refractivity contribution in [1.29, 1.82) is 0 Å². The summed E-state index contributed by atoms with van der Waals surface area (Å²) in [6.07, 6.45) is 1.13. The number of amides is 2. The zero-order chi connectivity index (χ0) is 18.5. The molecule has 7 nitrogen and oxygen atoms in total. The van der Waals surface area contributed by atoms with E-state index in [-0.39, 0.29) is 5.91 Å². The van der Waals surface area contributed by atoms with Crippen molar-refractivity contribution in [2.75, 3.05) is 12.4 Å². The van der Waals surface area contributed by atoms with Gasteiger partial charge in [-0.15, -0.1) is 0 Å². The van der Waals surface area contributed by atoms with Crippen molar-refractivity contribution < 1.29 is 14.3 Å². The number of rotatable bonds is 6. The van der Waals surface area contributed by atoms with Crippen LogP contribution in [0.4, 0.5) is 5.82 Å². The van der Waals surface area contributed by atoms with Gasteiger partial charge in [-0.25, -0.2) is 0 Å². The molecule has 1 aliphatic rings. The lowest BCUT2D eigenvalue weighted by molar-refractivity contribution is -0.125. The summed E-state index contributed by atoms with van der Waals surface area (Å²) in [6.45, 7) is 0.484. The number of hydrogen-bond donors (Lipinski definition) is 2. The summed E-state index contributed by atoms with van der Waals surface area (Å²) < 4.78 is 5.08. The molecule has 0 bridgehead atoms. The van der Waals surface area contributed by atoms with Crippen LogP contribution in [0, 0.1) is 0 Å². The van der Waals surface area contributed by atoms with Crippen LogP contribution >= 0.6 is 0 Å². The summed E-state index contributed by atoms with van der Waals surface area (Å²) in [5.74, 6) is 0.225. The molecule has 3 rings (SSSR count). The van der Waals surface area contributed by atoms with Crippen molar-refractivity contribution in [2.24, 2.45) is 5.73 Å². The normalized spacial score (nSPS) is 19.9. The lowest BCUT2D eigenvalue weighted by atomic mass is 10.1. The smallest absolute Gasteiger partial charge is 0.242 e. The molecule has 0 unspecified atom stereocenters. The summed E-state index contributed by atoms with van der Waals surface area (Å²) in [4.78, 5) is 30.7. The number of hydrogen-bond acceptors (Lipinski definition) is 5. The van der Waals surface area contributed by atoms with Crippen LogP contribution in [-0.2, 0) is 16.1 Å². The fraction of sp³-hybridized carbons (Fsp3) is 0.316. The van der Waals surface area contributed by atoms with Crippen molar-refractivity contribution in [2.45, 2.75) is 31.5 Å². The van der Waals surface area contributed by atoms with E-state index >= 15 is 0 Å². The van der Waals surface area contributed by atoms with Gasteiger partial charge in [0.05, 0.1) is 19.2 Å². The summed E-state index contributed by atoms with van der Waals surface area (Å²) in [5.41, 5.74) is 6.58. The number of nitrogens with one attached hydrogen (secondary N) is 1. The second-order valence-electron chi connectivity index (χ2n) is 6.22. The molecule has 3 N–H and O–H groups in total. The van der Waals surface area contributed by atoms with Gasteiger partial charge in [-0.05, 0) is 24.5 Å². The van der Waals surface area contributed by atoms with Gasteiger partial charge >= 0.3 is 0 Å². The second kappa shape index (κ2) is 7.97. The van der Waals surface area contributed by atoms with Gasteiger partial charge in [0.2, 0.25) is 17.7 Å². The largest absolute Gasteiger partial charge is 0.481 e. The number of pyridine rings is 1. The summed E-state index contributed by atoms with van der Waals surface area (Å²) in [7, 11) is 1.52. The summed E-state index contributed by atoms with van der Waals surface area (Å²) in [6, 6.07) is 14.0. The SMILES string of the molecule is COc1cccc(NC(=O)[C@H]2CC[C@@H](C(N)=O)N2Cc2ccccc2)n1. The fourth-order valence-electron chi connectivity index (χ4n) is 3.27. The molecule has 2 heterocycles. The molecule has 0 spiro atoms. The van der Waals surface area contributed by atoms with Gasteiger partial charge < -0.3 is 15.8 Å². The Bertz CT molecular complexity index is 781. The molecular weight excluding hydrogens is 332 g/mol. The average Bonchev–Trinajstić information content (AvgIpc) is 3.06. The molecule has 0 saturated carbocycles. The zero-order valence-electron chi connectivity index (χ0n) is 14.6. The van der Waals surface area contributed by atoms with Crippen molar-refractivity contribution in [3.05, 3.63) is 54.1 Å². The van der Waals surface area contributed by atoms with E-state index in [0.717, 1.165) is 5.56 Å². The molecule has 0 aliphatic carbocycles. The molecule has 2 atom stereocenters. The Morgan fingerprint density at radius 2 is 1.88 bits per heavy atom. The predicted octanol–water partition coefficient (Wildman–Crippen LogP) is 1.55. The Morgan fingerprint density at radius 1 is 1.15 bits per heavy atom. The van der Waals surface area contributed by atoms with E-state index in [1.54, 1.807) is 18.2 Å². The first-order valence-corrected chi connectivity index (χ1v) is 8.49. The molecule has 1 saturated heterocycles. The Hall–Kier alpha value is -2.93. The molecule has 7 heteroatoms. The van der Waals surface area contributed by atoms with Crippen LogP contribution in [0.25, 0.3) is 0 Å². The van der Waals surface area contributed by atoms with Crippen molar-refractivity contribution in [1.82, 2.24) is 9.88 Å². The summed E-state index contributed by atoms with van der Waals surface area (Å²) >= 11 is 0. The minimum Gasteiger partial charge on any atom is -0.481 e. The quantitative estimate of drug-likeness (QED) is 0.820. The molecule has 2 amide bonds. The highest BCUT2D eigenvalue weighted by molar-refractivity contribution is 5.95. The van der Waals surface area contributed by atoms with Crippen LogP contribution in [0.5, 0.6) is 5.88 Å². The minimum absolute atomic E-state index is 0.203. The number of nitrogens with zero attached hydrogens (tertiary/aromatic N) is 2. The first kappa shape index (κ1) is 17.9. The number of anilines is 1. The van der Waals surface area contributed by atoms with Crippen LogP contribution in [0.15, 0.2) is 48.5 Å². The topological polar surface area (TPSA) is 97.5 Å². The first-order valence-electron chi connectivity index (χ1n) is 8.49. The maximum atomic E-state index is 12.8. The van der Waals surface area contributed by atoms with E-state index in [4.69, 9.17) is 10.5 Å². The lowest BCUT2D eigenvalue weighted by Gasteiger charge is -2.27. The van der Waals surface area contributed by atoms with Crippen molar-refractivity contribution in [3.8, 4) is 5.88 Å². The second-order valence-corrected chi connectivity index (χ2v) is 6.22. The van der Waals surface area contributed by atoms with Crippen molar-refractivity contribution in [3.63, 3.8) is 0 Å². The number of nitrogens with two attached hydrogens (primary N) is 1. The fourth-order valence-corrected chi connectivity index (χ4v) is 3.27. The highest BCUT2D eigenvalue weighted by Crippen LogP contribution is 2.27. The third kappa shape index (κ3) is 4.00. The maximum Gasteiger partial charge on any atom is 0.242 e. The molecule has 1 fully saturated rings. The highest BCUT2D eigenvalue weighted by atomic mass is 16.5. The minimum atomic E-state index is -0.454. The van der Waals surface area contributed by atoms with Crippen molar-refractivity contribution >= 4 is 17.6 Å². The molecule has 1 aromatic heterocycles. The molecule has 136 valence electrons. The van der Waals surface area contributed by atoms with Crippen LogP contribution in [0.3, 0.4) is 0 Å². The number of ether oxygens (including phenoxy) is 1. The van der Waals surface area contributed by atoms with Gasteiger partial charge in [0.15, 0.2) is 0 Å². The number of primary amides is 1. The Labute approximate surface area is 152 Å². The molecule has 1 aromatic carbocycles. The molecule has 0 radical (unpaired) electrons. The van der Waals surface area contributed by atoms with E-state index in [1.807, 2.05) is 35.2 Å². The molecule has 2 aromatic rings. The van der Waals surface area contributed by atoms with Gasteiger partial charge in [0.1, 0.15) is 5.82 Å². The lowest BCUT2D eigenvalue weighted by Crippen LogP contribution is -2.47. The van der Waals surface area contributed by atoms with E-state index in [2.05, 4.69) is 10.3 Å². The van der Waals surface area contributed by atoms with Gasteiger partial charge in [-0.1, -0.05) is 36.4 Å². The Morgan fingerprint density at radius 3 is 2.58 bits per heavy atom. The van der Waals surface area contributed by atoms with E-state index in [9.17, 15) is 9.59 Å². The number of benzene rings is 1. The number of methoxy groups -OCH3 is 1. The predicted molar refractivity (Wildman–Crippen MR) is 97.4 cm³/mol. The average molecular weight is 354 g/mol. The Balaban J connectivity index is 1.77. The number of carbonyl (C=O) groups is 2. The van der Waals surface area contributed by atoms with E-state index in [1.165, 1.54) is 7.11 Å². The van der Waals surface area contributed by atoms with Crippen LogP contribution in [-0.4, -0.2) is 40.9 Å². The van der Waals surface area contributed by atoms with Gasteiger partial charge in [-0.2, -0.15) is 4.98 Å². The number of aromatic nitrogens is 1. The number of likely N-dealkylation sites (tertiary alicyclic amines) is 1. The molecular formula is C19H22N4O3. The molecule has 1 aliphatic heterocycles. The zero-order valence-corrected chi connectivity index (χ0v) is 14.6. The van der Waals surface area contributed by atoms with E-state index in [0.29, 0.717) is 31.1 Å². The van der Waals surface area contributed by atoms with Crippen LogP contribution in [0.2, 0.25) is 0 Å². The van der Waals surface area contributed by atoms with Gasteiger partial charge in [-0.3, -0.25) is 14.5 Å². The Kier molecular flexibility index (Phi) is 5.48. The van der Waals surface area contributed by atoms with Crippen LogP contribution in [0.1, 0.15) is 18.4 Å². The maximum absolute atomic E-state index is 12.8. The van der Waals surface area contributed by atoms with Gasteiger partial charge in [0.25, 0.3) is 0 Å². The third-order valence-corrected chi connectivity index (χ3v) is 4.54. The summed E-state index contributed by atoms with van der Waals surface area (Å²) in [5, 5.41) is 2.81. The third-order valence-electron chi connectivity index (χ3n) is 4.54. The van der Waals surface area contributed by atoms with Gasteiger partial charge in [0, 0.05) is 12.6 Å². The standard InChI is InChI=1S/C19H22N4O3/c1-26-17-9-5-8-16(21-17)22-19(25)15-11-10-14(18(20)24)23(15)12-13-6-3-2-4-7-13/h2-9,14-15H,10-12H2,1H3,(H2,20,24)(H,21,22,25)/t14-,15+/m0/s1. The monoisotopic (exact) mass is 354 g/mol. The number of carbonyl (C=O) groups excluding carboxylic acids is 2. The first-order chi connectivity index (χ1) is 12.6. The van der Waals surface area contributed by atoms with E-state index < -0.39 is 18.0 Å².